The zero-order valence-corrected chi connectivity index (χ0v) is 10.9. The van der Waals surface area contributed by atoms with Crippen LogP contribution in [-0.4, -0.2) is 5.97 Å². The van der Waals surface area contributed by atoms with Crippen molar-refractivity contribution in [2.24, 2.45) is 0 Å². The highest BCUT2D eigenvalue weighted by atomic mass is 35.5. The van der Waals surface area contributed by atoms with E-state index in [4.69, 9.17) is 16.3 Å². The van der Waals surface area contributed by atoms with Crippen LogP contribution in [0.3, 0.4) is 0 Å². The van der Waals surface area contributed by atoms with Crippen molar-refractivity contribution < 1.29 is 13.9 Å². The summed E-state index contributed by atoms with van der Waals surface area (Å²) in [6.07, 6.45) is 0.723. The first-order chi connectivity index (χ1) is 9.15. The van der Waals surface area contributed by atoms with Gasteiger partial charge in [-0.05, 0) is 36.2 Å². The van der Waals surface area contributed by atoms with E-state index in [0.29, 0.717) is 17.2 Å². The Morgan fingerprint density at radius 3 is 2.47 bits per heavy atom. The van der Waals surface area contributed by atoms with Crippen LogP contribution in [0, 0.1) is 5.82 Å². The normalized spacial score (nSPS) is 10.2. The summed E-state index contributed by atoms with van der Waals surface area (Å²) in [6, 6.07) is 12.8. The van der Waals surface area contributed by atoms with Crippen LogP contribution in [-0.2, 0) is 11.2 Å². The Balaban J connectivity index is 1.88. The lowest BCUT2D eigenvalue weighted by atomic mass is 10.1. The summed E-state index contributed by atoms with van der Waals surface area (Å²) in [5.41, 5.74) is 0.887. The van der Waals surface area contributed by atoms with Crippen molar-refractivity contribution in [2.75, 3.05) is 0 Å². The van der Waals surface area contributed by atoms with Gasteiger partial charge in [0.1, 0.15) is 11.6 Å². The Bertz CT molecular complexity index is 567. The molecule has 0 amide bonds. The van der Waals surface area contributed by atoms with Gasteiger partial charge in [-0.2, -0.15) is 0 Å². The second-order valence-corrected chi connectivity index (χ2v) is 4.44. The molecule has 4 heteroatoms. The molecule has 0 spiro atoms. The smallest absolute Gasteiger partial charge is 0.311 e. The third-order valence-corrected chi connectivity index (χ3v) is 2.90. The Hall–Kier alpha value is -1.87. The molecule has 0 aliphatic rings. The van der Waals surface area contributed by atoms with E-state index >= 15 is 0 Å². The van der Waals surface area contributed by atoms with Gasteiger partial charge in [0, 0.05) is 6.42 Å². The van der Waals surface area contributed by atoms with E-state index in [9.17, 15) is 9.18 Å². The van der Waals surface area contributed by atoms with Gasteiger partial charge >= 0.3 is 5.97 Å². The van der Waals surface area contributed by atoms with Crippen molar-refractivity contribution >= 4 is 17.6 Å². The average Bonchev–Trinajstić information content (AvgIpc) is 2.41. The number of aryl methyl sites for hydroxylation is 1. The minimum absolute atomic E-state index is 0.219. The predicted octanol–water partition coefficient (Wildman–Crippen LogP) is 4.02. The van der Waals surface area contributed by atoms with Crippen molar-refractivity contribution in [1.82, 2.24) is 0 Å². The average molecular weight is 279 g/mol. The summed E-state index contributed by atoms with van der Waals surface area (Å²) in [6.45, 7) is 0. The Morgan fingerprint density at radius 2 is 1.79 bits per heavy atom. The number of carbonyl (C=O) groups is 1. The maximum atomic E-state index is 12.7. The van der Waals surface area contributed by atoms with E-state index in [-0.39, 0.29) is 18.2 Å². The summed E-state index contributed by atoms with van der Waals surface area (Å²) in [7, 11) is 0. The molecule has 2 rings (SSSR count). The lowest BCUT2D eigenvalue weighted by molar-refractivity contribution is -0.134. The number of rotatable bonds is 4. The van der Waals surface area contributed by atoms with Gasteiger partial charge in [0.2, 0.25) is 0 Å². The maximum Gasteiger partial charge on any atom is 0.311 e. The molecule has 98 valence electrons. The summed E-state index contributed by atoms with van der Waals surface area (Å²) in [4.78, 5) is 11.6. The molecular weight excluding hydrogens is 267 g/mol. The lowest BCUT2D eigenvalue weighted by Crippen LogP contribution is -2.09. The van der Waals surface area contributed by atoms with Gasteiger partial charge in [0.15, 0.2) is 0 Å². The summed E-state index contributed by atoms with van der Waals surface area (Å²) >= 11 is 5.88. The van der Waals surface area contributed by atoms with Crippen molar-refractivity contribution in [3.8, 4) is 5.75 Å². The number of carbonyl (C=O) groups excluding carboxylic acids is 1. The molecule has 0 saturated carbocycles. The van der Waals surface area contributed by atoms with Crippen LogP contribution in [0.5, 0.6) is 5.75 Å². The van der Waals surface area contributed by atoms with Crippen LogP contribution in [0.15, 0.2) is 48.5 Å². The lowest BCUT2D eigenvalue weighted by Gasteiger charge is -2.05. The molecule has 0 N–H and O–H groups in total. The second kappa shape index (κ2) is 6.34. The monoisotopic (exact) mass is 278 g/mol. The molecule has 0 saturated heterocycles. The van der Waals surface area contributed by atoms with Crippen LogP contribution in [0.2, 0.25) is 5.02 Å². The predicted molar refractivity (Wildman–Crippen MR) is 71.8 cm³/mol. The maximum absolute atomic E-state index is 12.7. The highest BCUT2D eigenvalue weighted by Crippen LogP contribution is 2.23. The Kier molecular flexibility index (Phi) is 4.53. The quantitative estimate of drug-likeness (QED) is 0.624. The fourth-order valence-electron chi connectivity index (χ4n) is 1.60. The van der Waals surface area contributed by atoms with Crippen LogP contribution >= 0.6 is 11.6 Å². The van der Waals surface area contributed by atoms with Crippen LogP contribution in [0.4, 0.5) is 4.39 Å². The van der Waals surface area contributed by atoms with Gasteiger partial charge < -0.3 is 4.74 Å². The highest BCUT2D eigenvalue weighted by molar-refractivity contribution is 6.32. The summed E-state index contributed by atoms with van der Waals surface area (Å²) in [5, 5.41) is 0.401. The second-order valence-electron chi connectivity index (χ2n) is 4.03. The van der Waals surface area contributed by atoms with Gasteiger partial charge in [-0.3, -0.25) is 4.79 Å². The van der Waals surface area contributed by atoms with Crippen molar-refractivity contribution in [2.45, 2.75) is 12.8 Å². The molecule has 0 atom stereocenters. The standard InChI is InChI=1S/C15H12ClFO2/c16-13-3-1-2-4-14(13)19-15(18)10-7-11-5-8-12(17)9-6-11/h1-6,8-9H,7,10H2. The van der Waals surface area contributed by atoms with Crippen molar-refractivity contribution in [1.29, 1.82) is 0 Å². The SMILES string of the molecule is O=C(CCc1ccc(F)cc1)Oc1ccccc1Cl. The number of ether oxygens (including phenoxy) is 1. The molecule has 2 aromatic rings. The Labute approximate surface area is 115 Å². The topological polar surface area (TPSA) is 26.3 Å². The number of esters is 1. The molecule has 0 bridgehead atoms. The summed E-state index contributed by atoms with van der Waals surface area (Å²) < 4.78 is 17.9. The first kappa shape index (κ1) is 13.6. The Morgan fingerprint density at radius 1 is 1.11 bits per heavy atom. The molecule has 2 aromatic carbocycles. The fraction of sp³-hybridized carbons (Fsp3) is 0.133. The largest absolute Gasteiger partial charge is 0.425 e. The fourth-order valence-corrected chi connectivity index (χ4v) is 1.77. The van der Waals surface area contributed by atoms with Crippen molar-refractivity contribution in [3.63, 3.8) is 0 Å². The first-order valence-corrected chi connectivity index (χ1v) is 6.22. The van der Waals surface area contributed by atoms with E-state index < -0.39 is 0 Å². The molecular formula is C15H12ClFO2. The minimum Gasteiger partial charge on any atom is -0.425 e. The zero-order chi connectivity index (χ0) is 13.7. The third-order valence-electron chi connectivity index (χ3n) is 2.59. The molecule has 19 heavy (non-hydrogen) atoms. The van der Waals surface area contributed by atoms with Crippen LogP contribution in [0.25, 0.3) is 0 Å². The van der Waals surface area contributed by atoms with Gasteiger partial charge in [-0.1, -0.05) is 35.9 Å². The van der Waals surface area contributed by atoms with E-state index in [0.717, 1.165) is 5.56 Å². The van der Waals surface area contributed by atoms with Gasteiger partial charge in [-0.25, -0.2) is 4.39 Å². The number of hydrogen-bond donors (Lipinski definition) is 0. The third kappa shape index (κ3) is 4.07. The molecule has 0 unspecified atom stereocenters. The van der Waals surface area contributed by atoms with Crippen LogP contribution < -0.4 is 4.74 Å². The van der Waals surface area contributed by atoms with Gasteiger partial charge in [0.25, 0.3) is 0 Å². The van der Waals surface area contributed by atoms with E-state index in [1.54, 1.807) is 36.4 Å². The molecule has 0 fully saturated rings. The number of benzene rings is 2. The molecule has 2 nitrogen and oxygen atoms in total. The molecule has 0 aliphatic heterocycles. The molecule has 0 radical (unpaired) electrons. The molecule has 0 heterocycles. The van der Waals surface area contributed by atoms with Crippen LogP contribution in [0.1, 0.15) is 12.0 Å². The van der Waals surface area contributed by atoms with E-state index in [1.165, 1.54) is 12.1 Å². The number of halogens is 2. The number of para-hydroxylation sites is 1. The summed E-state index contributed by atoms with van der Waals surface area (Å²) in [5.74, 6) is -0.298. The van der Waals surface area contributed by atoms with Gasteiger partial charge in [-0.15, -0.1) is 0 Å². The van der Waals surface area contributed by atoms with E-state index in [1.807, 2.05) is 0 Å². The zero-order valence-electron chi connectivity index (χ0n) is 10.1. The molecule has 0 aromatic heterocycles. The molecule has 0 aliphatic carbocycles. The minimum atomic E-state index is -0.363. The van der Waals surface area contributed by atoms with Crippen molar-refractivity contribution in [3.05, 3.63) is 64.9 Å². The van der Waals surface area contributed by atoms with E-state index in [2.05, 4.69) is 0 Å². The first-order valence-electron chi connectivity index (χ1n) is 5.85. The highest BCUT2D eigenvalue weighted by Gasteiger charge is 2.08. The van der Waals surface area contributed by atoms with Gasteiger partial charge in [0.05, 0.1) is 5.02 Å². The number of hydrogen-bond acceptors (Lipinski definition) is 2.